The first kappa shape index (κ1) is 13.6. The molecule has 2 aromatic heterocycles. The van der Waals surface area contributed by atoms with Gasteiger partial charge in [-0.2, -0.15) is 0 Å². The van der Waals surface area contributed by atoms with Gasteiger partial charge >= 0.3 is 0 Å². The molecule has 0 radical (unpaired) electrons. The molecule has 3 aromatic rings. The fraction of sp³-hybridized carbons (Fsp3) is 0.235. The molecule has 0 saturated heterocycles. The van der Waals surface area contributed by atoms with Gasteiger partial charge in [-0.25, -0.2) is 4.98 Å². The Morgan fingerprint density at radius 3 is 2.67 bits per heavy atom. The molecular weight excluding hydrogens is 262 g/mol. The van der Waals surface area contributed by atoms with Crippen LogP contribution in [-0.2, 0) is 13.1 Å². The molecular formula is C17H19N3O. The smallest absolute Gasteiger partial charge is 0.128 e. The molecule has 0 fully saturated rings. The number of para-hydroxylation sites is 1. The van der Waals surface area contributed by atoms with Crippen molar-refractivity contribution in [2.24, 2.45) is 0 Å². The summed E-state index contributed by atoms with van der Waals surface area (Å²) >= 11 is 0. The van der Waals surface area contributed by atoms with Gasteiger partial charge in [-0.3, -0.25) is 4.90 Å². The highest BCUT2D eigenvalue weighted by molar-refractivity contribution is 5.81. The average molecular weight is 281 g/mol. The predicted molar refractivity (Wildman–Crippen MR) is 84.8 cm³/mol. The highest BCUT2D eigenvalue weighted by atomic mass is 16.3. The quantitative estimate of drug-likeness (QED) is 0.796. The summed E-state index contributed by atoms with van der Waals surface area (Å²) in [4.78, 5) is 6.68. The molecule has 0 amide bonds. The molecule has 4 nitrogen and oxygen atoms in total. The molecule has 0 aliphatic heterocycles. The first-order chi connectivity index (χ1) is 10.1. The lowest BCUT2D eigenvalue weighted by atomic mass is 10.1. The lowest BCUT2D eigenvalue weighted by molar-refractivity contribution is 0.317. The number of benzene rings is 1. The second-order valence-corrected chi connectivity index (χ2v) is 5.40. The molecule has 3 rings (SSSR count). The van der Waals surface area contributed by atoms with Crippen LogP contribution in [0, 0.1) is 6.92 Å². The average Bonchev–Trinajstić information content (AvgIpc) is 2.85. The summed E-state index contributed by atoms with van der Waals surface area (Å²) in [5.74, 6) is 1.57. The number of aromatic nitrogens is 1. The van der Waals surface area contributed by atoms with Crippen LogP contribution in [0.4, 0.5) is 5.82 Å². The zero-order valence-corrected chi connectivity index (χ0v) is 12.3. The summed E-state index contributed by atoms with van der Waals surface area (Å²) in [6.07, 6.45) is 1.73. The zero-order chi connectivity index (χ0) is 14.8. The van der Waals surface area contributed by atoms with Gasteiger partial charge in [-0.1, -0.05) is 18.2 Å². The van der Waals surface area contributed by atoms with Crippen LogP contribution in [0.15, 0.2) is 47.1 Å². The van der Waals surface area contributed by atoms with E-state index in [1.807, 2.05) is 31.2 Å². The molecule has 0 atom stereocenters. The van der Waals surface area contributed by atoms with Gasteiger partial charge in [0.2, 0.25) is 0 Å². The van der Waals surface area contributed by atoms with E-state index in [1.165, 1.54) is 5.56 Å². The van der Waals surface area contributed by atoms with E-state index in [1.54, 1.807) is 6.26 Å². The third-order valence-corrected chi connectivity index (χ3v) is 3.68. The highest BCUT2D eigenvalue weighted by Crippen LogP contribution is 2.20. The van der Waals surface area contributed by atoms with E-state index >= 15 is 0 Å². The number of furan rings is 1. The minimum absolute atomic E-state index is 0.601. The molecule has 21 heavy (non-hydrogen) atoms. The van der Waals surface area contributed by atoms with Gasteiger partial charge in [-0.15, -0.1) is 0 Å². The third-order valence-electron chi connectivity index (χ3n) is 3.68. The summed E-state index contributed by atoms with van der Waals surface area (Å²) in [6, 6.07) is 12.2. The standard InChI is InChI=1S/C17H19N3O/c1-12-14(7-8-21-12)10-20(2)11-15-9-13-5-3-4-6-16(13)19-17(15)18/h3-9H,10-11H2,1-2H3,(H2,18,19). The first-order valence-electron chi connectivity index (χ1n) is 6.99. The number of nitrogens with two attached hydrogens (primary N) is 1. The molecule has 0 saturated carbocycles. The van der Waals surface area contributed by atoms with Crippen LogP contribution in [0.3, 0.4) is 0 Å². The van der Waals surface area contributed by atoms with Gasteiger partial charge < -0.3 is 10.2 Å². The van der Waals surface area contributed by atoms with E-state index in [0.717, 1.165) is 35.3 Å². The first-order valence-corrected chi connectivity index (χ1v) is 6.99. The normalized spacial score (nSPS) is 11.4. The van der Waals surface area contributed by atoms with Gasteiger partial charge in [0, 0.05) is 29.6 Å². The molecule has 108 valence electrons. The molecule has 0 spiro atoms. The monoisotopic (exact) mass is 281 g/mol. The molecule has 2 heterocycles. The lowest BCUT2D eigenvalue weighted by Crippen LogP contribution is -2.18. The largest absolute Gasteiger partial charge is 0.469 e. The van der Waals surface area contributed by atoms with Crippen molar-refractivity contribution in [3.63, 3.8) is 0 Å². The van der Waals surface area contributed by atoms with Gasteiger partial charge in [-0.05, 0) is 32.2 Å². The summed E-state index contributed by atoms with van der Waals surface area (Å²) in [5.41, 5.74) is 9.27. The number of nitrogen functional groups attached to an aromatic ring is 1. The molecule has 0 bridgehead atoms. The number of hydrogen-bond acceptors (Lipinski definition) is 4. The van der Waals surface area contributed by atoms with E-state index in [-0.39, 0.29) is 0 Å². The Morgan fingerprint density at radius 1 is 1.14 bits per heavy atom. The Kier molecular flexibility index (Phi) is 3.62. The van der Waals surface area contributed by atoms with E-state index in [9.17, 15) is 0 Å². The molecule has 4 heteroatoms. The van der Waals surface area contributed by atoms with E-state index in [4.69, 9.17) is 10.2 Å². The Morgan fingerprint density at radius 2 is 1.90 bits per heavy atom. The van der Waals surface area contributed by atoms with Crippen LogP contribution in [0.2, 0.25) is 0 Å². The van der Waals surface area contributed by atoms with Crippen LogP contribution < -0.4 is 5.73 Å². The van der Waals surface area contributed by atoms with Gasteiger partial charge in [0.15, 0.2) is 0 Å². The van der Waals surface area contributed by atoms with Crippen molar-refractivity contribution in [3.05, 3.63) is 59.5 Å². The zero-order valence-electron chi connectivity index (χ0n) is 12.3. The maximum absolute atomic E-state index is 6.08. The Bertz CT molecular complexity index is 764. The highest BCUT2D eigenvalue weighted by Gasteiger charge is 2.09. The fourth-order valence-electron chi connectivity index (χ4n) is 2.51. The number of rotatable bonds is 4. The lowest BCUT2D eigenvalue weighted by Gasteiger charge is -2.17. The van der Waals surface area contributed by atoms with Gasteiger partial charge in [0.1, 0.15) is 11.6 Å². The summed E-state index contributed by atoms with van der Waals surface area (Å²) < 4.78 is 5.33. The van der Waals surface area contributed by atoms with Crippen LogP contribution >= 0.6 is 0 Å². The van der Waals surface area contributed by atoms with Crippen molar-refractivity contribution in [1.29, 1.82) is 0 Å². The minimum atomic E-state index is 0.601. The Balaban J connectivity index is 1.81. The van der Waals surface area contributed by atoms with E-state index in [0.29, 0.717) is 5.82 Å². The van der Waals surface area contributed by atoms with Crippen molar-refractivity contribution in [2.45, 2.75) is 20.0 Å². The number of fused-ring (bicyclic) bond motifs is 1. The summed E-state index contributed by atoms with van der Waals surface area (Å²) in [5, 5.41) is 1.12. The number of hydrogen-bond donors (Lipinski definition) is 1. The van der Waals surface area contributed by atoms with Crippen LogP contribution in [0.25, 0.3) is 10.9 Å². The number of nitrogens with zero attached hydrogens (tertiary/aromatic N) is 2. The number of aryl methyl sites for hydroxylation is 1. The fourth-order valence-corrected chi connectivity index (χ4v) is 2.51. The molecule has 0 aliphatic carbocycles. The van der Waals surface area contributed by atoms with Crippen molar-refractivity contribution >= 4 is 16.7 Å². The maximum atomic E-state index is 6.08. The summed E-state index contributed by atoms with van der Waals surface area (Å²) in [7, 11) is 2.07. The van der Waals surface area contributed by atoms with Crippen molar-refractivity contribution in [1.82, 2.24) is 9.88 Å². The number of pyridine rings is 1. The Hall–Kier alpha value is -2.33. The van der Waals surface area contributed by atoms with Crippen molar-refractivity contribution < 1.29 is 4.42 Å². The van der Waals surface area contributed by atoms with Crippen molar-refractivity contribution in [3.8, 4) is 0 Å². The van der Waals surface area contributed by atoms with Crippen LogP contribution in [-0.4, -0.2) is 16.9 Å². The van der Waals surface area contributed by atoms with Crippen molar-refractivity contribution in [2.75, 3.05) is 12.8 Å². The predicted octanol–water partition coefficient (Wildman–Crippen LogP) is 3.35. The topological polar surface area (TPSA) is 55.3 Å². The van der Waals surface area contributed by atoms with Gasteiger partial charge in [0.25, 0.3) is 0 Å². The molecule has 0 unspecified atom stereocenters. The van der Waals surface area contributed by atoms with Crippen LogP contribution in [0.1, 0.15) is 16.9 Å². The SMILES string of the molecule is Cc1occc1CN(C)Cc1cc2ccccc2nc1N. The second kappa shape index (κ2) is 5.58. The van der Waals surface area contributed by atoms with Gasteiger partial charge in [0.05, 0.1) is 11.8 Å². The number of anilines is 1. The molecule has 0 aliphatic rings. The Labute approximate surface area is 124 Å². The summed E-state index contributed by atoms with van der Waals surface area (Å²) in [6.45, 7) is 3.57. The minimum Gasteiger partial charge on any atom is -0.469 e. The molecule has 2 N–H and O–H groups in total. The van der Waals surface area contributed by atoms with E-state index < -0.39 is 0 Å². The third kappa shape index (κ3) is 2.90. The maximum Gasteiger partial charge on any atom is 0.128 e. The van der Waals surface area contributed by atoms with E-state index in [2.05, 4.69) is 29.1 Å². The molecule has 1 aromatic carbocycles. The second-order valence-electron chi connectivity index (χ2n) is 5.40. The van der Waals surface area contributed by atoms with Crippen LogP contribution in [0.5, 0.6) is 0 Å².